The minimum Gasteiger partial charge on any atom is -0.394 e. The van der Waals surface area contributed by atoms with Crippen molar-refractivity contribution in [3.05, 3.63) is 36.5 Å². The Balaban J connectivity index is 1.69. The molecular formula is C72H135NO13. The number of hydrogen-bond donors (Lipinski definition) is 9. The molecule has 0 saturated carbocycles. The zero-order valence-corrected chi connectivity index (χ0v) is 55.1. The highest BCUT2D eigenvalue weighted by atomic mass is 16.7. The summed E-state index contributed by atoms with van der Waals surface area (Å²) >= 11 is 0. The molecule has 2 aliphatic rings. The van der Waals surface area contributed by atoms with Gasteiger partial charge in [0.15, 0.2) is 12.6 Å². The Morgan fingerprint density at radius 1 is 0.407 bits per heavy atom. The van der Waals surface area contributed by atoms with E-state index in [-0.39, 0.29) is 18.9 Å². The Hall–Kier alpha value is -1.79. The van der Waals surface area contributed by atoms with E-state index in [1.54, 1.807) is 6.08 Å². The maximum absolute atomic E-state index is 13.3. The first kappa shape index (κ1) is 80.3. The van der Waals surface area contributed by atoms with Gasteiger partial charge < -0.3 is 65.1 Å². The van der Waals surface area contributed by atoms with Gasteiger partial charge in [-0.2, -0.15) is 0 Å². The molecule has 12 atom stereocenters. The van der Waals surface area contributed by atoms with Crippen LogP contribution in [0.5, 0.6) is 0 Å². The minimum absolute atomic E-state index is 0.247. The second-order valence-corrected chi connectivity index (χ2v) is 25.7. The third kappa shape index (κ3) is 40.8. The van der Waals surface area contributed by atoms with E-state index in [1.807, 2.05) is 6.08 Å². The van der Waals surface area contributed by atoms with E-state index < -0.39 is 86.8 Å². The lowest BCUT2D eigenvalue weighted by Gasteiger charge is -2.46. The third-order valence-electron chi connectivity index (χ3n) is 17.8. The number of carbonyl (C=O) groups excluding carboxylic acids is 1. The monoisotopic (exact) mass is 1220 g/mol. The Bertz CT molecular complexity index is 1580. The van der Waals surface area contributed by atoms with Crippen molar-refractivity contribution in [2.24, 2.45) is 0 Å². The van der Waals surface area contributed by atoms with Crippen LogP contribution in [0.1, 0.15) is 322 Å². The summed E-state index contributed by atoms with van der Waals surface area (Å²) in [7, 11) is 0. The van der Waals surface area contributed by atoms with Crippen LogP contribution in [0, 0.1) is 0 Å². The molecule has 2 fully saturated rings. The zero-order chi connectivity index (χ0) is 62.3. The number of rotatable bonds is 60. The number of nitrogens with one attached hydrogen (secondary N) is 1. The van der Waals surface area contributed by atoms with Crippen molar-refractivity contribution in [3.8, 4) is 0 Å². The predicted octanol–water partition coefficient (Wildman–Crippen LogP) is 14.9. The molecule has 0 aromatic carbocycles. The maximum atomic E-state index is 13.3. The molecule has 506 valence electrons. The number of aliphatic hydroxyl groups excluding tert-OH is 8. The molecule has 0 bridgehead atoms. The second kappa shape index (κ2) is 57.1. The van der Waals surface area contributed by atoms with Gasteiger partial charge in [-0.15, -0.1) is 0 Å². The van der Waals surface area contributed by atoms with Crippen LogP contribution in [0.2, 0.25) is 0 Å². The predicted molar refractivity (Wildman–Crippen MR) is 351 cm³/mol. The molecule has 0 spiro atoms. The van der Waals surface area contributed by atoms with Gasteiger partial charge in [0.25, 0.3) is 0 Å². The fraction of sp³-hybridized carbons (Fsp3) is 0.903. The molecule has 0 aliphatic carbocycles. The molecule has 2 saturated heterocycles. The summed E-state index contributed by atoms with van der Waals surface area (Å²) in [5, 5.41) is 87.4. The highest BCUT2D eigenvalue weighted by Gasteiger charge is 2.51. The summed E-state index contributed by atoms with van der Waals surface area (Å²) in [6.45, 7) is 2.83. The van der Waals surface area contributed by atoms with Gasteiger partial charge in [-0.1, -0.05) is 307 Å². The third-order valence-corrected chi connectivity index (χ3v) is 17.8. The summed E-state index contributed by atoms with van der Waals surface area (Å²) < 4.78 is 22.8. The van der Waals surface area contributed by atoms with E-state index in [0.29, 0.717) is 12.8 Å². The largest absolute Gasteiger partial charge is 0.394 e. The average Bonchev–Trinajstić information content (AvgIpc) is 2.54. The highest BCUT2D eigenvalue weighted by molar-refractivity contribution is 5.76. The summed E-state index contributed by atoms with van der Waals surface area (Å²) in [5.74, 6) is -0.247. The molecule has 2 aliphatic heterocycles. The first-order chi connectivity index (χ1) is 42.1. The number of allylic oxidation sites excluding steroid dienone is 5. The molecule has 12 unspecified atom stereocenters. The number of amides is 1. The normalized spacial score (nSPS) is 23.6. The molecule has 1 amide bonds. The lowest BCUT2D eigenvalue weighted by atomic mass is 9.97. The van der Waals surface area contributed by atoms with E-state index in [0.717, 1.165) is 44.9 Å². The van der Waals surface area contributed by atoms with Crippen molar-refractivity contribution < 1.29 is 64.6 Å². The van der Waals surface area contributed by atoms with Crippen LogP contribution in [0.3, 0.4) is 0 Å². The molecule has 2 rings (SSSR count). The zero-order valence-electron chi connectivity index (χ0n) is 55.1. The summed E-state index contributed by atoms with van der Waals surface area (Å²) in [6, 6.07) is -0.937. The Morgan fingerprint density at radius 2 is 0.744 bits per heavy atom. The Labute approximate surface area is 525 Å². The van der Waals surface area contributed by atoms with Crippen molar-refractivity contribution in [3.63, 3.8) is 0 Å². The van der Waals surface area contributed by atoms with Gasteiger partial charge in [0.1, 0.15) is 48.8 Å². The van der Waals surface area contributed by atoms with Crippen molar-refractivity contribution in [1.82, 2.24) is 5.32 Å². The van der Waals surface area contributed by atoms with Gasteiger partial charge in [-0.25, -0.2) is 0 Å². The number of carbonyl (C=O) groups is 1. The van der Waals surface area contributed by atoms with E-state index in [9.17, 15) is 45.6 Å². The highest BCUT2D eigenvalue weighted by Crippen LogP contribution is 2.30. The molecule has 86 heavy (non-hydrogen) atoms. The number of ether oxygens (including phenoxy) is 4. The van der Waals surface area contributed by atoms with Crippen LogP contribution in [0.25, 0.3) is 0 Å². The minimum atomic E-state index is -1.79. The maximum Gasteiger partial charge on any atom is 0.220 e. The molecule has 14 heteroatoms. The fourth-order valence-corrected chi connectivity index (χ4v) is 12.0. The molecule has 0 aromatic heterocycles. The summed E-state index contributed by atoms with van der Waals surface area (Å²) in [6.07, 6.45) is 56.4. The van der Waals surface area contributed by atoms with Crippen LogP contribution in [-0.4, -0.2) is 140 Å². The molecule has 14 nitrogen and oxygen atoms in total. The molecular weight excluding hydrogens is 1090 g/mol. The van der Waals surface area contributed by atoms with Crippen LogP contribution in [0.4, 0.5) is 0 Å². The van der Waals surface area contributed by atoms with E-state index in [1.165, 1.54) is 244 Å². The number of aliphatic hydroxyl groups is 8. The Morgan fingerprint density at radius 3 is 1.14 bits per heavy atom. The van der Waals surface area contributed by atoms with Crippen LogP contribution < -0.4 is 5.32 Å². The standard InChI is InChI=1S/C72H135NO13/c1-3-5-7-9-11-13-15-17-19-21-23-25-27-29-31-33-35-37-39-41-43-45-47-49-51-53-55-61(76)60(59-83-71-69(82)67(80)70(63(58-75)85-71)86-72-68(81)66(79)65(78)62(57-74)84-72)73-64(77)56-54-52-50-48-46-44-42-40-38-36-34-32-30-28-26-24-22-20-18-16-14-12-10-8-6-4-2/h37,39,45,47,53,55,60-63,65-72,74-76,78-82H,3-36,38,40-44,46,48-52,54,56-59H2,1-2H3,(H,73,77)/b39-37+,47-45+,55-53+. The molecule has 9 N–H and O–H groups in total. The second-order valence-electron chi connectivity index (χ2n) is 25.7. The summed E-state index contributed by atoms with van der Waals surface area (Å²) in [4.78, 5) is 13.3. The fourth-order valence-electron chi connectivity index (χ4n) is 12.0. The van der Waals surface area contributed by atoms with E-state index in [2.05, 4.69) is 43.5 Å². The SMILES string of the molecule is CCCCCCCCCCCCCCCCCC/C=C/CC/C=C/CC/C=C/C(O)C(COC1OC(CO)C(OC2OC(CO)C(O)C(O)C2O)C(O)C1O)NC(=O)CCCCCCCCCCCCCCCCCCCCCCCCCCCC. The van der Waals surface area contributed by atoms with Gasteiger partial charge in [0.05, 0.1) is 32.0 Å². The smallest absolute Gasteiger partial charge is 0.220 e. The average molecular weight is 1220 g/mol. The van der Waals surface area contributed by atoms with E-state index in [4.69, 9.17) is 18.9 Å². The van der Waals surface area contributed by atoms with Crippen molar-refractivity contribution in [2.75, 3.05) is 19.8 Å². The summed E-state index contributed by atoms with van der Waals surface area (Å²) in [5.41, 5.74) is 0. The lowest BCUT2D eigenvalue weighted by Crippen LogP contribution is -2.65. The Kier molecular flexibility index (Phi) is 53.4. The first-order valence-corrected chi connectivity index (χ1v) is 36.2. The molecule has 0 aromatic rings. The van der Waals surface area contributed by atoms with Gasteiger partial charge >= 0.3 is 0 Å². The van der Waals surface area contributed by atoms with Crippen molar-refractivity contribution in [2.45, 2.75) is 396 Å². The van der Waals surface area contributed by atoms with Gasteiger partial charge in [-0.3, -0.25) is 4.79 Å². The van der Waals surface area contributed by atoms with Gasteiger partial charge in [0.2, 0.25) is 5.91 Å². The van der Waals surface area contributed by atoms with Crippen molar-refractivity contribution >= 4 is 5.91 Å². The van der Waals surface area contributed by atoms with Crippen molar-refractivity contribution in [1.29, 1.82) is 0 Å². The van der Waals surface area contributed by atoms with Gasteiger partial charge in [0, 0.05) is 6.42 Å². The quantitative estimate of drug-likeness (QED) is 0.0204. The molecule has 2 heterocycles. The topological polar surface area (TPSA) is 228 Å². The molecule has 0 radical (unpaired) electrons. The number of unbranched alkanes of at least 4 members (excludes halogenated alkanes) is 43. The lowest BCUT2D eigenvalue weighted by molar-refractivity contribution is -0.359. The van der Waals surface area contributed by atoms with E-state index >= 15 is 0 Å². The van der Waals surface area contributed by atoms with Gasteiger partial charge in [-0.05, 0) is 44.9 Å². The van der Waals surface area contributed by atoms with Crippen LogP contribution >= 0.6 is 0 Å². The van der Waals surface area contributed by atoms with Crippen LogP contribution in [-0.2, 0) is 23.7 Å². The number of hydrogen-bond acceptors (Lipinski definition) is 13. The first-order valence-electron chi connectivity index (χ1n) is 36.2. The van der Waals surface area contributed by atoms with Crippen LogP contribution in [0.15, 0.2) is 36.5 Å².